The zero-order valence-electron chi connectivity index (χ0n) is 9.53. The van der Waals surface area contributed by atoms with E-state index in [0.717, 1.165) is 4.88 Å². The van der Waals surface area contributed by atoms with E-state index in [-0.39, 0.29) is 11.8 Å². The molecule has 6 heteroatoms. The second-order valence-corrected chi connectivity index (χ2v) is 5.20. The smallest absolute Gasteiger partial charge is 0.237 e. The summed E-state index contributed by atoms with van der Waals surface area (Å²) < 4.78 is 0. The number of halogens is 1. The Kier molecular flexibility index (Phi) is 6.00. The van der Waals surface area contributed by atoms with Crippen molar-refractivity contribution < 1.29 is 9.59 Å². The van der Waals surface area contributed by atoms with E-state index in [2.05, 4.69) is 10.6 Å². The molecular formula is C11H15ClN2O2S. The Morgan fingerprint density at radius 1 is 1.41 bits per heavy atom. The lowest BCUT2D eigenvalue weighted by molar-refractivity contribution is -0.122. The maximum Gasteiger partial charge on any atom is 0.237 e. The normalized spacial score (nSPS) is 11.9. The molecule has 0 radical (unpaired) electrons. The van der Waals surface area contributed by atoms with Gasteiger partial charge in [0.1, 0.15) is 5.38 Å². The summed E-state index contributed by atoms with van der Waals surface area (Å²) >= 11 is 7.12. The first-order valence-corrected chi connectivity index (χ1v) is 6.62. The van der Waals surface area contributed by atoms with Gasteiger partial charge >= 0.3 is 0 Å². The third-order valence-corrected chi connectivity index (χ3v) is 3.10. The van der Waals surface area contributed by atoms with E-state index in [9.17, 15) is 9.59 Å². The summed E-state index contributed by atoms with van der Waals surface area (Å²) in [5, 5.41) is 6.73. The summed E-state index contributed by atoms with van der Waals surface area (Å²) in [5.41, 5.74) is 0. The highest BCUT2D eigenvalue weighted by molar-refractivity contribution is 7.10. The lowest BCUT2D eigenvalue weighted by Gasteiger charge is -2.07. The van der Waals surface area contributed by atoms with Gasteiger partial charge in [-0.3, -0.25) is 9.59 Å². The molecular weight excluding hydrogens is 260 g/mol. The summed E-state index contributed by atoms with van der Waals surface area (Å²) in [7, 11) is 0. The number of amides is 2. The topological polar surface area (TPSA) is 58.2 Å². The van der Waals surface area contributed by atoms with Gasteiger partial charge in [-0.1, -0.05) is 6.07 Å². The summed E-state index contributed by atoms with van der Waals surface area (Å²) in [4.78, 5) is 23.6. The molecule has 2 amide bonds. The minimum Gasteiger partial charge on any atom is -0.354 e. The molecule has 1 atom stereocenters. The number of hydrogen-bond acceptors (Lipinski definition) is 3. The first kappa shape index (κ1) is 14.0. The van der Waals surface area contributed by atoms with Crippen molar-refractivity contribution in [2.24, 2.45) is 0 Å². The quantitative estimate of drug-likeness (QED) is 0.604. The fourth-order valence-corrected chi connectivity index (χ4v) is 1.94. The van der Waals surface area contributed by atoms with Gasteiger partial charge in [0.05, 0.1) is 6.42 Å². The maximum atomic E-state index is 11.4. The molecule has 1 unspecified atom stereocenters. The number of alkyl halides is 1. The molecule has 0 saturated carbocycles. The van der Waals surface area contributed by atoms with Crippen LogP contribution in [0, 0.1) is 0 Å². The average Bonchev–Trinajstić information content (AvgIpc) is 2.76. The first-order valence-electron chi connectivity index (χ1n) is 5.30. The number of nitrogens with one attached hydrogen (secondary N) is 2. The van der Waals surface area contributed by atoms with Crippen molar-refractivity contribution in [2.45, 2.75) is 18.7 Å². The Morgan fingerprint density at radius 2 is 2.12 bits per heavy atom. The van der Waals surface area contributed by atoms with Crippen molar-refractivity contribution in [3.05, 3.63) is 22.4 Å². The van der Waals surface area contributed by atoms with Crippen LogP contribution < -0.4 is 10.6 Å². The van der Waals surface area contributed by atoms with Crippen LogP contribution in [-0.4, -0.2) is 30.3 Å². The molecule has 1 rings (SSSR count). The van der Waals surface area contributed by atoms with Crippen molar-refractivity contribution >= 4 is 34.8 Å². The lowest BCUT2D eigenvalue weighted by Crippen LogP contribution is -2.37. The molecule has 17 heavy (non-hydrogen) atoms. The van der Waals surface area contributed by atoms with Crippen LogP contribution in [0.15, 0.2) is 17.5 Å². The van der Waals surface area contributed by atoms with Gasteiger partial charge < -0.3 is 10.6 Å². The van der Waals surface area contributed by atoms with Crippen LogP contribution >= 0.6 is 22.9 Å². The third kappa shape index (κ3) is 5.70. The molecule has 0 fully saturated rings. The van der Waals surface area contributed by atoms with Crippen LogP contribution in [0.4, 0.5) is 0 Å². The Hall–Kier alpha value is -1.07. The Morgan fingerprint density at radius 3 is 2.71 bits per heavy atom. The van der Waals surface area contributed by atoms with Gasteiger partial charge in [-0.15, -0.1) is 22.9 Å². The van der Waals surface area contributed by atoms with Gasteiger partial charge in [0.25, 0.3) is 0 Å². The maximum absolute atomic E-state index is 11.4. The standard InChI is InChI=1S/C11H15ClN2O2S/c1-8(12)11(16)14-5-4-13-10(15)7-9-3-2-6-17-9/h2-3,6,8H,4-5,7H2,1H3,(H,13,15)(H,14,16). The Labute approximate surface area is 109 Å². The van der Waals surface area contributed by atoms with Crippen molar-refractivity contribution in [3.8, 4) is 0 Å². The first-order chi connectivity index (χ1) is 8.09. The van der Waals surface area contributed by atoms with E-state index in [0.29, 0.717) is 19.5 Å². The molecule has 1 aromatic rings. The summed E-state index contributed by atoms with van der Waals surface area (Å²) in [5.74, 6) is -0.264. The predicted octanol–water partition coefficient (Wildman–Crippen LogP) is 1.15. The zero-order chi connectivity index (χ0) is 12.7. The largest absolute Gasteiger partial charge is 0.354 e. The number of rotatable bonds is 6. The van der Waals surface area contributed by atoms with Crippen LogP contribution in [0.3, 0.4) is 0 Å². The molecule has 4 nitrogen and oxygen atoms in total. The van der Waals surface area contributed by atoms with Crippen molar-refractivity contribution in [1.29, 1.82) is 0 Å². The highest BCUT2D eigenvalue weighted by Gasteiger charge is 2.08. The van der Waals surface area contributed by atoms with E-state index in [1.54, 1.807) is 18.3 Å². The van der Waals surface area contributed by atoms with Gasteiger partial charge in [-0.05, 0) is 18.4 Å². The molecule has 0 spiro atoms. The van der Waals surface area contributed by atoms with E-state index in [1.165, 1.54) is 0 Å². The van der Waals surface area contributed by atoms with Gasteiger partial charge in [0.15, 0.2) is 0 Å². The average molecular weight is 275 g/mol. The minimum absolute atomic E-state index is 0.0411. The minimum atomic E-state index is -0.545. The fraction of sp³-hybridized carbons (Fsp3) is 0.455. The van der Waals surface area contributed by atoms with Crippen molar-refractivity contribution in [3.63, 3.8) is 0 Å². The highest BCUT2D eigenvalue weighted by Crippen LogP contribution is 2.08. The number of thiophene rings is 1. The Bertz CT molecular complexity index is 366. The second kappa shape index (κ2) is 7.29. The van der Waals surface area contributed by atoms with E-state index in [1.807, 2.05) is 17.5 Å². The van der Waals surface area contributed by atoms with Crippen LogP contribution in [-0.2, 0) is 16.0 Å². The lowest BCUT2D eigenvalue weighted by atomic mass is 10.3. The molecule has 0 aliphatic carbocycles. The van der Waals surface area contributed by atoms with Gasteiger partial charge in [-0.25, -0.2) is 0 Å². The van der Waals surface area contributed by atoms with Crippen molar-refractivity contribution in [2.75, 3.05) is 13.1 Å². The van der Waals surface area contributed by atoms with Gasteiger partial charge in [0.2, 0.25) is 11.8 Å². The molecule has 0 aliphatic heterocycles. The molecule has 2 N–H and O–H groups in total. The van der Waals surface area contributed by atoms with E-state index < -0.39 is 5.38 Å². The molecule has 0 aliphatic rings. The summed E-state index contributed by atoms with van der Waals surface area (Å²) in [6.45, 7) is 2.41. The second-order valence-electron chi connectivity index (χ2n) is 3.51. The van der Waals surface area contributed by atoms with E-state index in [4.69, 9.17) is 11.6 Å². The molecule has 0 aromatic carbocycles. The van der Waals surface area contributed by atoms with Gasteiger partial charge in [0, 0.05) is 18.0 Å². The SMILES string of the molecule is CC(Cl)C(=O)NCCNC(=O)Cc1cccs1. The van der Waals surface area contributed by atoms with Crippen LogP contribution in [0.1, 0.15) is 11.8 Å². The molecule has 1 heterocycles. The van der Waals surface area contributed by atoms with Crippen LogP contribution in [0.5, 0.6) is 0 Å². The summed E-state index contributed by atoms with van der Waals surface area (Å²) in [6, 6.07) is 3.83. The summed E-state index contributed by atoms with van der Waals surface area (Å²) in [6.07, 6.45) is 0.386. The molecule has 0 bridgehead atoms. The molecule has 0 saturated heterocycles. The van der Waals surface area contributed by atoms with Crippen molar-refractivity contribution in [1.82, 2.24) is 10.6 Å². The van der Waals surface area contributed by atoms with Gasteiger partial charge in [-0.2, -0.15) is 0 Å². The molecule has 94 valence electrons. The Balaban J connectivity index is 2.10. The molecule has 1 aromatic heterocycles. The number of carbonyl (C=O) groups is 2. The van der Waals surface area contributed by atoms with Crippen LogP contribution in [0.25, 0.3) is 0 Å². The fourth-order valence-electron chi connectivity index (χ4n) is 1.16. The van der Waals surface area contributed by atoms with E-state index >= 15 is 0 Å². The highest BCUT2D eigenvalue weighted by atomic mass is 35.5. The number of carbonyl (C=O) groups excluding carboxylic acids is 2. The number of hydrogen-bond donors (Lipinski definition) is 2. The zero-order valence-corrected chi connectivity index (χ0v) is 11.1. The predicted molar refractivity (Wildman–Crippen MR) is 69.4 cm³/mol. The van der Waals surface area contributed by atoms with Crippen LogP contribution in [0.2, 0.25) is 0 Å². The monoisotopic (exact) mass is 274 g/mol. The third-order valence-electron chi connectivity index (χ3n) is 2.02.